The molecule has 6 rings (SSSR count). The number of nitrogens with zero attached hydrogens (tertiary/aromatic N) is 6. The van der Waals surface area contributed by atoms with Crippen molar-refractivity contribution in [2.75, 3.05) is 10.6 Å². The molecule has 0 saturated heterocycles. The van der Waals surface area contributed by atoms with Crippen molar-refractivity contribution < 1.29 is 8.78 Å². The number of nitrogens with one attached hydrogen (secondary N) is 4. The van der Waals surface area contributed by atoms with E-state index in [4.69, 9.17) is 23.2 Å². The number of fused-ring (bicyclic) bond motifs is 2. The van der Waals surface area contributed by atoms with Crippen molar-refractivity contribution in [3.63, 3.8) is 0 Å². The smallest absolute Gasteiger partial charge is 0.228 e. The molecule has 4 N–H and O–H groups in total. The van der Waals surface area contributed by atoms with E-state index in [1.807, 2.05) is 24.5 Å². The van der Waals surface area contributed by atoms with E-state index in [0.29, 0.717) is 22.7 Å². The number of halogens is 4. The van der Waals surface area contributed by atoms with Crippen LogP contribution in [0, 0.1) is 0 Å². The Hall–Kier alpha value is -4.68. The molecule has 6 aromatic heterocycles. The lowest BCUT2D eigenvalue weighted by atomic mass is 10.1. The van der Waals surface area contributed by atoms with Crippen LogP contribution in [0.25, 0.3) is 39.0 Å². The molecule has 0 amide bonds. The summed E-state index contributed by atoms with van der Waals surface area (Å²) in [6.07, 6.45) is 9.46. The van der Waals surface area contributed by atoms with E-state index in [9.17, 15) is 8.78 Å². The summed E-state index contributed by atoms with van der Waals surface area (Å²) >= 11 is 11.9. The molecule has 0 fully saturated rings. The topological polar surface area (TPSA) is 133 Å². The van der Waals surface area contributed by atoms with E-state index in [1.54, 1.807) is 12.4 Å². The van der Waals surface area contributed by atoms with E-state index in [-0.39, 0.29) is 33.3 Å². The summed E-state index contributed by atoms with van der Waals surface area (Å²) in [5.41, 5.74) is 4.42. The van der Waals surface area contributed by atoms with Gasteiger partial charge in [0, 0.05) is 52.3 Å². The molecule has 6 aromatic rings. The summed E-state index contributed by atoms with van der Waals surface area (Å²) < 4.78 is 26.9. The van der Waals surface area contributed by atoms with Crippen LogP contribution in [-0.4, -0.2) is 39.9 Å². The van der Waals surface area contributed by atoms with Gasteiger partial charge in [-0.25, -0.2) is 33.7 Å². The number of pyridine rings is 2. The van der Waals surface area contributed by atoms with E-state index < -0.39 is 12.5 Å². The van der Waals surface area contributed by atoms with Crippen LogP contribution in [0.15, 0.2) is 55.9 Å². The molecule has 0 aliphatic carbocycles. The summed E-state index contributed by atoms with van der Waals surface area (Å²) in [6.45, 7) is 2.57. The largest absolute Gasteiger partial charge is 0.346 e. The number of H-pyrrole nitrogens is 2. The molecular weight excluding hydrogens is 549 g/mol. The summed E-state index contributed by atoms with van der Waals surface area (Å²) in [7, 11) is 0. The molecule has 0 aromatic carbocycles. The maximum atomic E-state index is 13.9. The van der Waals surface area contributed by atoms with Crippen molar-refractivity contribution in [3.05, 3.63) is 77.5 Å². The summed E-state index contributed by atoms with van der Waals surface area (Å²) in [5.74, 6) is -0.329. The predicted octanol–water partition coefficient (Wildman–Crippen LogP) is 6.89. The number of alkyl halides is 1. The van der Waals surface area contributed by atoms with Crippen molar-refractivity contribution in [1.29, 1.82) is 0 Å². The van der Waals surface area contributed by atoms with Crippen LogP contribution in [0.1, 0.15) is 11.1 Å². The lowest BCUT2D eigenvalue weighted by Gasteiger charge is -2.10. The molecule has 6 heterocycles. The molecule has 39 heavy (non-hydrogen) atoms. The molecule has 0 aliphatic heterocycles. The Morgan fingerprint density at radius 1 is 0.846 bits per heavy atom. The van der Waals surface area contributed by atoms with Gasteiger partial charge in [0.1, 0.15) is 34.8 Å². The minimum absolute atomic E-state index is 0.0364. The Kier molecular flexibility index (Phi) is 6.25. The highest BCUT2D eigenvalue weighted by Gasteiger charge is 2.16. The van der Waals surface area contributed by atoms with Gasteiger partial charge in [-0.2, -0.15) is 4.98 Å². The zero-order valence-electron chi connectivity index (χ0n) is 19.7. The average Bonchev–Trinajstić information content (AvgIpc) is 3.52. The first-order chi connectivity index (χ1) is 18.9. The fourth-order valence-electron chi connectivity index (χ4n) is 4.04. The lowest BCUT2D eigenvalue weighted by Crippen LogP contribution is -2.00. The summed E-state index contributed by atoms with van der Waals surface area (Å²) in [6, 6.07) is 3.73. The van der Waals surface area contributed by atoms with E-state index >= 15 is 0 Å². The van der Waals surface area contributed by atoms with Crippen molar-refractivity contribution in [3.8, 4) is 11.1 Å². The average molecular weight is 565 g/mol. The SMILES string of the molecule is C=C(F)c1cnc(Cl)nc1Nc1cnc2[nH]cc(-c3c[nH]c4ncc(Nc5ncc(CF)c(Cl)n5)cc34)c2c1. The molecule has 0 atom stereocenters. The number of rotatable bonds is 7. The normalized spacial score (nSPS) is 11.3. The van der Waals surface area contributed by atoms with Gasteiger partial charge < -0.3 is 20.6 Å². The van der Waals surface area contributed by atoms with Gasteiger partial charge in [-0.05, 0) is 23.7 Å². The Morgan fingerprint density at radius 3 is 2.08 bits per heavy atom. The number of aromatic nitrogens is 8. The van der Waals surface area contributed by atoms with Crippen molar-refractivity contribution in [2.45, 2.75) is 6.67 Å². The molecule has 14 heteroatoms. The molecule has 0 bridgehead atoms. The van der Waals surface area contributed by atoms with Gasteiger partial charge in [0.2, 0.25) is 11.2 Å². The quantitative estimate of drug-likeness (QED) is 0.122. The van der Waals surface area contributed by atoms with Gasteiger partial charge in [0.05, 0.1) is 29.3 Å². The van der Waals surface area contributed by atoms with Crippen LogP contribution in [-0.2, 0) is 6.67 Å². The molecule has 0 aliphatic rings. The Balaban J connectivity index is 1.36. The first kappa shape index (κ1) is 24.6. The second kappa shape index (κ2) is 9.89. The molecular formula is C25H16Cl2F2N10. The highest BCUT2D eigenvalue weighted by molar-refractivity contribution is 6.30. The van der Waals surface area contributed by atoms with E-state index in [0.717, 1.165) is 21.9 Å². The van der Waals surface area contributed by atoms with Gasteiger partial charge >= 0.3 is 0 Å². The van der Waals surface area contributed by atoms with Crippen LogP contribution in [0.2, 0.25) is 10.4 Å². The minimum Gasteiger partial charge on any atom is -0.346 e. The summed E-state index contributed by atoms with van der Waals surface area (Å²) in [5, 5.41) is 7.68. The van der Waals surface area contributed by atoms with Gasteiger partial charge in [0.15, 0.2) is 0 Å². The predicted molar refractivity (Wildman–Crippen MR) is 147 cm³/mol. The van der Waals surface area contributed by atoms with Crippen LogP contribution >= 0.6 is 23.2 Å². The number of anilines is 4. The number of hydrogen-bond acceptors (Lipinski definition) is 8. The van der Waals surface area contributed by atoms with Crippen LogP contribution < -0.4 is 10.6 Å². The van der Waals surface area contributed by atoms with E-state index in [2.05, 4.69) is 57.1 Å². The molecule has 0 saturated carbocycles. The van der Waals surface area contributed by atoms with Crippen LogP contribution in [0.5, 0.6) is 0 Å². The monoisotopic (exact) mass is 564 g/mol. The van der Waals surface area contributed by atoms with Gasteiger partial charge in [-0.1, -0.05) is 18.2 Å². The van der Waals surface area contributed by atoms with Crippen molar-refractivity contribution in [1.82, 2.24) is 39.9 Å². The standard InChI is InChI=1S/C25H16Cl2F2N10/c1-11(29)17-8-34-24(27)39-23(17)36-13-2-15-18(9-32-21(15)30-6-13)19-10-33-22-16(19)3-14(7-31-22)37-25-35-5-12(4-28)20(26)38-25/h2-3,5-10H,1,4H2,(H,30,32)(H,31,33)(H,34,36,39)(H,35,37,38). The van der Waals surface area contributed by atoms with Gasteiger partial charge in [-0.3, -0.25) is 0 Å². The van der Waals surface area contributed by atoms with Crippen molar-refractivity contribution >= 4 is 74.2 Å². The maximum absolute atomic E-state index is 13.9. The lowest BCUT2D eigenvalue weighted by molar-refractivity contribution is 0.483. The second-order valence-electron chi connectivity index (χ2n) is 8.34. The highest BCUT2D eigenvalue weighted by Crippen LogP contribution is 2.36. The zero-order chi connectivity index (χ0) is 27.1. The van der Waals surface area contributed by atoms with E-state index in [1.165, 1.54) is 12.4 Å². The Morgan fingerprint density at radius 2 is 1.49 bits per heavy atom. The number of hydrogen-bond donors (Lipinski definition) is 4. The zero-order valence-corrected chi connectivity index (χ0v) is 21.2. The number of aromatic amines is 2. The third-order valence-electron chi connectivity index (χ3n) is 5.88. The summed E-state index contributed by atoms with van der Waals surface area (Å²) in [4.78, 5) is 31.4. The highest BCUT2D eigenvalue weighted by atomic mass is 35.5. The fourth-order valence-corrected chi connectivity index (χ4v) is 4.36. The first-order valence-corrected chi connectivity index (χ1v) is 12.1. The maximum Gasteiger partial charge on any atom is 0.228 e. The minimum atomic E-state index is -0.755. The third kappa shape index (κ3) is 4.71. The molecule has 0 spiro atoms. The third-order valence-corrected chi connectivity index (χ3v) is 6.39. The Bertz CT molecular complexity index is 1880. The molecule has 10 nitrogen and oxygen atoms in total. The molecule has 194 valence electrons. The Labute approximate surface area is 228 Å². The molecule has 0 unspecified atom stereocenters. The van der Waals surface area contributed by atoms with Crippen LogP contribution in [0.4, 0.5) is 31.9 Å². The second-order valence-corrected chi connectivity index (χ2v) is 9.04. The fraction of sp³-hybridized carbons (Fsp3) is 0.0400. The first-order valence-electron chi connectivity index (χ1n) is 11.3. The van der Waals surface area contributed by atoms with Gasteiger partial charge in [-0.15, -0.1) is 0 Å². The molecule has 0 radical (unpaired) electrons. The van der Waals surface area contributed by atoms with Crippen LogP contribution in [0.3, 0.4) is 0 Å². The van der Waals surface area contributed by atoms with Crippen molar-refractivity contribution in [2.24, 2.45) is 0 Å². The van der Waals surface area contributed by atoms with Gasteiger partial charge in [0.25, 0.3) is 0 Å².